The van der Waals surface area contributed by atoms with Crippen LogP contribution in [0.5, 0.6) is 0 Å². The predicted octanol–water partition coefficient (Wildman–Crippen LogP) is -7.60. The minimum Gasteiger partial charge on any atom is -1.00 e. The van der Waals surface area contributed by atoms with Crippen LogP contribution in [0, 0.1) is 10.1 Å². The van der Waals surface area contributed by atoms with E-state index in [9.17, 15) is 10.1 Å². The maximum absolute atomic E-state index is 9.73. The van der Waals surface area contributed by atoms with Crippen LogP contribution >= 0.6 is 0 Å². The van der Waals surface area contributed by atoms with Crippen LogP contribution in [-0.4, -0.2) is 11.4 Å². The van der Waals surface area contributed by atoms with Crippen LogP contribution in [-0.2, 0) is 0 Å². The molecule has 0 saturated heterocycles. The summed E-state index contributed by atoms with van der Waals surface area (Å²) < 4.78 is 0. The van der Waals surface area contributed by atoms with Gasteiger partial charge in [0.1, 0.15) is 10.3 Å². The Kier molecular flexibility index (Phi) is 6.71. The van der Waals surface area contributed by atoms with Crippen molar-refractivity contribution in [3.63, 3.8) is 0 Å². The summed E-state index contributed by atoms with van der Waals surface area (Å²) in [5.41, 5.74) is 0. The SMILES string of the molecule is O=[N+]([O-])[NH+]1C=NN=N1.[Cl-].[I-]. The van der Waals surface area contributed by atoms with E-state index in [1.54, 1.807) is 0 Å². The van der Waals surface area contributed by atoms with Crippen molar-refractivity contribution in [2.45, 2.75) is 0 Å². The number of nitrogens with zero attached hydrogens (tertiary/aromatic N) is 4. The quantitative estimate of drug-likeness (QED) is 0.293. The monoisotopic (exact) mass is 278 g/mol. The predicted molar refractivity (Wildman–Crippen MR) is 21.3 cm³/mol. The molecule has 0 bridgehead atoms. The van der Waals surface area contributed by atoms with Gasteiger partial charge in [0.2, 0.25) is 0 Å². The van der Waals surface area contributed by atoms with Crippen LogP contribution in [0.15, 0.2) is 15.5 Å². The molecule has 0 aromatic rings. The van der Waals surface area contributed by atoms with Gasteiger partial charge in [-0.3, -0.25) is 0 Å². The average Bonchev–Trinajstić information content (AvgIpc) is 2.12. The van der Waals surface area contributed by atoms with Crippen LogP contribution in [0.4, 0.5) is 0 Å². The summed E-state index contributed by atoms with van der Waals surface area (Å²) in [6.07, 6.45) is 0.986. The molecule has 0 radical (unpaired) electrons. The lowest BCUT2D eigenvalue weighted by Crippen LogP contribution is -3.08. The largest absolute Gasteiger partial charge is 1.00 e. The lowest BCUT2D eigenvalue weighted by Gasteiger charge is -1.82. The normalized spacial score (nSPS) is 19.4. The second-order valence-electron chi connectivity index (χ2n) is 1.05. The van der Waals surface area contributed by atoms with Gasteiger partial charge in [-0.15, -0.1) is 0 Å². The zero-order chi connectivity index (χ0) is 5.98. The summed E-state index contributed by atoms with van der Waals surface area (Å²) in [6.45, 7) is 0. The van der Waals surface area contributed by atoms with Crippen molar-refractivity contribution in [1.29, 1.82) is 0 Å². The first-order valence-corrected chi connectivity index (χ1v) is 1.76. The van der Waals surface area contributed by atoms with E-state index in [0.717, 1.165) is 6.34 Å². The smallest absolute Gasteiger partial charge is 0.302 e. The molecule has 0 spiro atoms. The topological polar surface area (TPSA) is 84.7 Å². The van der Waals surface area contributed by atoms with Crippen LogP contribution in [0.1, 0.15) is 0 Å². The number of hydrogen-bond acceptors (Lipinski definition) is 5. The number of rotatable bonds is 1. The minimum atomic E-state index is -0.653. The average molecular weight is 278 g/mol. The third-order valence-corrected chi connectivity index (χ3v) is 0.559. The maximum atomic E-state index is 9.73. The molecule has 0 saturated carbocycles. The van der Waals surface area contributed by atoms with Gasteiger partial charge in [0, 0.05) is 5.22 Å². The molecule has 1 rings (SSSR count). The highest BCUT2D eigenvalue weighted by molar-refractivity contribution is 5.41. The Balaban J connectivity index is 0. The molecule has 1 atom stereocenters. The molecule has 0 aliphatic carbocycles. The second-order valence-corrected chi connectivity index (χ2v) is 1.05. The molecule has 1 unspecified atom stereocenters. The molecule has 1 aliphatic rings. The van der Waals surface area contributed by atoms with Crippen molar-refractivity contribution in [1.82, 2.24) is 0 Å². The summed E-state index contributed by atoms with van der Waals surface area (Å²) in [5.74, 6) is 0. The minimum absolute atomic E-state index is 0. The van der Waals surface area contributed by atoms with Gasteiger partial charge < -0.3 is 36.4 Å². The Morgan fingerprint density at radius 3 is 2.40 bits per heavy atom. The van der Waals surface area contributed by atoms with E-state index in [1.807, 2.05) is 0 Å². The van der Waals surface area contributed by atoms with Crippen LogP contribution < -0.4 is 41.5 Å². The molecular weight excluding hydrogens is 276 g/mol. The molecule has 0 amide bonds. The molecule has 1 aliphatic heterocycles. The summed E-state index contributed by atoms with van der Waals surface area (Å²) in [4.78, 5) is 9.73. The van der Waals surface area contributed by atoms with Gasteiger partial charge in [-0.1, -0.05) is 5.10 Å². The third kappa shape index (κ3) is 2.98. The summed E-state index contributed by atoms with van der Waals surface area (Å²) in [7, 11) is 0. The standard InChI is InChI=1S/CHN5O2.ClH.HI/c7-6(8)5-1-2-3-4-5;;/h1H;2*1H/p-1. The van der Waals surface area contributed by atoms with Crippen molar-refractivity contribution in [3.8, 4) is 0 Å². The second kappa shape index (κ2) is 5.44. The Morgan fingerprint density at radius 2 is 2.20 bits per heavy atom. The number of nitro groups is 1. The number of halogens is 2. The summed E-state index contributed by atoms with van der Waals surface area (Å²) >= 11 is 0. The first-order valence-electron chi connectivity index (χ1n) is 1.76. The van der Waals surface area contributed by atoms with E-state index in [1.165, 1.54) is 0 Å². The van der Waals surface area contributed by atoms with Gasteiger partial charge in [-0.2, -0.15) is 0 Å². The lowest BCUT2D eigenvalue weighted by atomic mass is 11.3. The number of quaternary nitrogens is 1. The van der Waals surface area contributed by atoms with Crippen LogP contribution in [0.25, 0.3) is 0 Å². The summed E-state index contributed by atoms with van der Waals surface area (Å²) in [5, 5.41) is 18.0. The van der Waals surface area contributed by atoms with E-state index in [-0.39, 0.29) is 41.5 Å². The van der Waals surface area contributed by atoms with Gasteiger partial charge >= 0.3 is 6.34 Å². The van der Waals surface area contributed by atoms with E-state index < -0.39 is 5.03 Å². The molecule has 0 aromatic heterocycles. The van der Waals surface area contributed by atoms with Crippen molar-refractivity contribution in [2.24, 2.45) is 15.5 Å². The van der Waals surface area contributed by atoms with Crippen molar-refractivity contribution in [3.05, 3.63) is 10.1 Å². The molecule has 7 nitrogen and oxygen atoms in total. The van der Waals surface area contributed by atoms with Crippen molar-refractivity contribution < 1.29 is 46.5 Å². The highest BCUT2D eigenvalue weighted by Crippen LogP contribution is 1.70. The Hall–Kier alpha value is -0.350. The maximum Gasteiger partial charge on any atom is 0.302 e. The summed E-state index contributed by atoms with van der Waals surface area (Å²) in [6, 6.07) is 0. The fourth-order valence-electron chi connectivity index (χ4n) is 0.259. The fourth-order valence-corrected chi connectivity index (χ4v) is 0.259. The van der Waals surface area contributed by atoms with E-state index >= 15 is 0 Å². The Morgan fingerprint density at radius 1 is 1.60 bits per heavy atom. The molecule has 10 heavy (non-hydrogen) atoms. The highest BCUT2D eigenvalue weighted by atomic mass is 127. The number of nitrogens with one attached hydrogen (secondary N) is 1. The lowest BCUT2D eigenvalue weighted by molar-refractivity contribution is -1.27. The number of hydrogen-bond donors (Lipinski definition) is 1. The van der Waals surface area contributed by atoms with Gasteiger partial charge in [0.15, 0.2) is 0 Å². The molecule has 1 heterocycles. The van der Waals surface area contributed by atoms with Crippen molar-refractivity contribution >= 4 is 6.34 Å². The van der Waals surface area contributed by atoms with Gasteiger partial charge in [0.05, 0.1) is 0 Å². The third-order valence-electron chi connectivity index (χ3n) is 0.559. The Bertz CT molecular complexity index is 157. The van der Waals surface area contributed by atoms with Crippen LogP contribution in [0.2, 0.25) is 0 Å². The first kappa shape index (κ1) is 12.3. The van der Waals surface area contributed by atoms with E-state index in [4.69, 9.17) is 0 Å². The fraction of sp³-hybridized carbons (Fsp3) is 0. The van der Waals surface area contributed by atoms with Crippen molar-refractivity contribution in [2.75, 3.05) is 0 Å². The van der Waals surface area contributed by atoms with Gasteiger partial charge in [0.25, 0.3) is 5.03 Å². The highest BCUT2D eigenvalue weighted by Gasteiger charge is 2.19. The molecule has 9 heteroatoms. The molecule has 58 valence electrons. The molecule has 1 N–H and O–H groups in total. The molecule has 0 fully saturated rings. The molecular formula is CH2ClIN5O2-. The van der Waals surface area contributed by atoms with Gasteiger partial charge in [-0.25, -0.2) is 10.1 Å². The van der Waals surface area contributed by atoms with E-state index in [0.29, 0.717) is 0 Å². The van der Waals surface area contributed by atoms with E-state index in [2.05, 4.69) is 15.5 Å². The first-order chi connectivity index (χ1) is 3.80. The Labute approximate surface area is 78.7 Å². The zero-order valence-corrected chi connectivity index (χ0v) is 7.35. The zero-order valence-electron chi connectivity index (χ0n) is 4.44. The van der Waals surface area contributed by atoms with Crippen LogP contribution in [0.3, 0.4) is 0 Å². The van der Waals surface area contributed by atoms with Gasteiger partial charge in [-0.05, 0) is 0 Å². The molecule has 0 aromatic carbocycles.